The summed E-state index contributed by atoms with van der Waals surface area (Å²) in [4.78, 5) is 20.1. The minimum absolute atomic E-state index is 0.0578. The molecule has 1 heterocycles. The van der Waals surface area contributed by atoms with Gasteiger partial charge in [-0.15, -0.1) is 0 Å². The molecule has 0 bridgehead atoms. The van der Waals surface area contributed by atoms with E-state index in [0.29, 0.717) is 12.5 Å². The van der Waals surface area contributed by atoms with Crippen molar-refractivity contribution in [2.24, 2.45) is 0 Å². The molecule has 0 aliphatic carbocycles. The van der Waals surface area contributed by atoms with Crippen LogP contribution in [0.15, 0.2) is 12.4 Å². The number of carboxylic acids is 1. The van der Waals surface area contributed by atoms with E-state index in [1.165, 1.54) is 12.4 Å². The van der Waals surface area contributed by atoms with Gasteiger partial charge in [-0.2, -0.15) is 0 Å². The maximum absolute atomic E-state index is 10.6. The van der Waals surface area contributed by atoms with E-state index in [1.807, 2.05) is 19.0 Å². The molecule has 0 aliphatic rings. The number of aromatic carboxylic acids is 1. The van der Waals surface area contributed by atoms with E-state index in [4.69, 9.17) is 9.84 Å². The molecule has 0 atom stereocenters. The molecule has 0 amide bonds. The molecule has 1 aromatic heterocycles. The van der Waals surface area contributed by atoms with Gasteiger partial charge in [0.2, 0.25) is 5.88 Å². The standard InChI is InChI=1S/C10H15N3O3/c1-13(2)4-3-5-16-9-6-8(10(14)15)11-7-12-9/h6-7H,3-5H2,1-2H3,(H,14,15). The van der Waals surface area contributed by atoms with Crippen molar-refractivity contribution in [1.82, 2.24) is 14.9 Å². The lowest BCUT2D eigenvalue weighted by Crippen LogP contribution is -2.15. The first-order valence-electron chi connectivity index (χ1n) is 4.92. The van der Waals surface area contributed by atoms with Crippen molar-refractivity contribution in [3.05, 3.63) is 18.1 Å². The summed E-state index contributed by atoms with van der Waals surface area (Å²) in [5.41, 5.74) is -0.0578. The van der Waals surface area contributed by atoms with Crippen molar-refractivity contribution in [1.29, 1.82) is 0 Å². The molecular formula is C10H15N3O3. The monoisotopic (exact) mass is 225 g/mol. The lowest BCUT2D eigenvalue weighted by Gasteiger charge is -2.09. The van der Waals surface area contributed by atoms with Crippen molar-refractivity contribution >= 4 is 5.97 Å². The van der Waals surface area contributed by atoms with Crippen molar-refractivity contribution < 1.29 is 14.6 Å². The lowest BCUT2D eigenvalue weighted by molar-refractivity contribution is 0.0689. The third-order valence-corrected chi connectivity index (χ3v) is 1.86. The first-order valence-corrected chi connectivity index (χ1v) is 4.92. The van der Waals surface area contributed by atoms with Gasteiger partial charge in [0, 0.05) is 12.6 Å². The molecular weight excluding hydrogens is 210 g/mol. The van der Waals surface area contributed by atoms with Gasteiger partial charge in [0.25, 0.3) is 0 Å². The van der Waals surface area contributed by atoms with Crippen molar-refractivity contribution in [2.45, 2.75) is 6.42 Å². The number of nitrogens with zero attached hydrogens (tertiary/aromatic N) is 3. The van der Waals surface area contributed by atoms with Gasteiger partial charge in [0.05, 0.1) is 6.61 Å². The van der Waals surface area contributed by atoms with Gasteiger partial charge < -0.3 is 14.7 Å². The molecule has 0 spiro atoms. The normalized spacial score (nSPS) is 10.4. The maximum Gasteiger partial charge on any atom is 0.354 e. The van der Waals surface area contributed by atoms with E-state index >= 15 is 0 Å². The van der Waals surface area contributed by atoms with Crippen LogP contribution in [0.5, 0.6) is 5.88 Å². The molecule has 1 aromatic rings. The Bertz CT molecular complexity index is 355. The van der Waals surface area contributed by atoms with Crippen molar-refractivity contribution in [3.8, 4) is 5.88 Å². The number of aromatic nitrogens is 2. The summed E-state index contributed by atoms with van der Waals surface area (Å²) in [6, 6.07) is 1.32. The van der Waals surface area contributed by atoms with Crippen LogP contribution in [-0.2, 0) is 0 Å². The molecule has 0 aliphatic heterocycles. The highest BCUT2D eigenvalue weighted by Gasteiger charge is 2.06. The van der Waals surface area contributed by atoms with E-state index < -0.39 is 5.97 Å². The molecule has 0 radical (unpaired) electrons. The second-order valence-corrected chi connectivity index (χ2v) is 3.55. The summed E-state index contributed by atoms with van der Waals surface area (Å²) in [5.74, 6) is -0.785. The average molecular weight is 225 g/mol. The summed E-state index contributed by atoms with van der Waals surface area (Å²) in [6.07, 6.45) is 2.05. The molecule has 6 nitrogen and oxygen atoms in total. The molecule has 0 fully saturated rings. The summed E-state index contributed by atoms with van der Waals surface area (Å²) in [7, 11) is 3.96. The lowest BCUT2D eigenvalue weighted by atomic mass is 10.4. The van der Waals surface area contributed by atoms with Crippen LogP contribution < -0.4 is 4.74 Å². The molecule has 0 saturated heterocycles. The third-order valence-electron chi connectivity index (χ3n) is 1.86. The van der Waals surface area contributed by atoms with Crippen molar-refractivity contribution in [3.63, 3.8) is 0 Å². The fourth-order valence-electron chi connectivity index (χ4n) is 1.09. The Morgan fingerprint density at radius 1 is 1.50 bits per heavy atom. The minimum atomic E-state index is -1.08. The van der Waals surface area contributed by atoms with Crippen LogP contribution in [-0.4, -0.2) is 53.2 Å². The summed E-state index contributed by atoms with van der Waals surface area (Å²) in [5, 5.41) is 8.70. The van der Waals surface area contributed by atoms with Crippen LogP contribution >= 0.6 is 0 Å². The van der Waals surface area contributed by atoms with Gasteiger partial charge in [-0.05, 0) is 20.5 Å². The summed E-state index contributed by atoms with van der Waals surface area (Å²) < 4.78 is 5.31. The number of carboxylic acid groups (broad SMARTS) is 1. The molecule has 0 unspecified atom stereocenters. The Hall–Kier alpha value is -1.69. The average Bonchev–Trinajstić information content (AvgIpc) is 2.24. The van der Waals surface area contributed by atoms with E-state index in [0.717, 1.165) is 13.0 Å². The fourth-order valence-corrected chi connectivity index (χ4v) is 1.09. The van der Waals surface area contributed by atoms with Gasteiger partial charge >= 0.3 is 5.97 Å². The largest absolute Gasteiger partial charge is 0.478 e. The Labute approximate surface area is 93.9 Å². The zero-order valence-electron chi connectivity index (χ0n) is 9.38. The van der Waals surface area contributed by atoms with Crippen LogP contribution in [0.3, 0.4) is 0 Å². The molecule has 0 aromatic carbocycles. The molecule has 16 heavy (non-hydrogen) atoms. The smallest absolute Gasteiger partial charge is 0.354 e. The quantitative estimate of drug-likeness (QED) is 0.711. The minimum Gasteiger partial charge on any atom is -0.478 e. The van der Waals surface area contributed by atoms with Gasteiger partial charge in [0.1, 0.15) is 6.33 Å². The molecule has 1 rings (SSSR count). The fraction of sp³-hybridized carbons (Fsp3) is 0.500. The highest BCUT2D eigenvalue weighted by Crippen LogP contribution is 2.06. The predicted octanol–water partition coefficient (Wildman–Crippen LogP) is 0.505. The highest BCUT2D eigenvalue weighted by atomic mass is 16.5. The number of hydrogen-bond acceptors (Lipinski definition) is 5. The third kappa shape index (κ3) is 4.22. The molecule has 88 valence electrons. The second-order valence-electron chi connectivity index (χ2n) is 3.55. The zero-order chi connectivity index (χ0) is 12.0. The zero-order valence-corrected chi connectivity index (χ0v) is 9.38. The number of rotatable bonds is 6. The Balaban J connectivity index is 2.42. The van der Waals surface area contributed by atoms with Crippen LogP contribution in [0, 0.1) is 0 Å². The Morgan fingerprint density at radius 3 is 2.88 bits per heavy atom. The van der Waals surface area contributed by atoms with Gasteiger partial charge in [-0.1, -0.05) is 0 Å². The van der Waals surface area contributed by atoms with E-state index in [1.54, 1.807) is 0 Å². The van der Waals surface area contributed by atoms with Gasteiger partial charge in [-0.3, -0.25) is 0 Å². The molecule has 0 saturated carbocycles. The molecule has 6 heteroatoms. The van der Waals surface area contributed by atoms with Crippen molar-refractivity contribution in [2.75, 3.05) is 27.2 Å². The van der Waals surface area contributed by atoms with Gasteiger partial charge in [0.15, 0.2) is 5.69 Å². The van der Waals surface area contributed by atoms with Crippen LogP contribution in [0.4, 0.5) is 0 Å². The van der Waals surface area contributed by atoms with E-state index in [9.17, 15) is 4.79 Å². The number of carbonyl (C=O) groups is 1. The van der Waals surface area contributed by atoms with Crippen LogP contribution in [0.25, 0.3) is 0 Å². The first-order chi connectivity index (χ1) is 7.59. The second kappa shape index (κ2) is 6.02. The van der Waals surface area contributed by atoms with Gasteiger partial charge in [-0.25, -0.2) is 14.8 Å². The van der Waals surface area contributed by atoms with Crippen LogP contribution in [0.2, 0.25) is 0 Å². The highest BCUT2D eigenvalue weighted by molar-refractivity contribution is 5.85. The summed E-state index contributed by atoms with van der Waals surface area (Å²) in [6.45, 7) is 1.42. The SMILES string of the molecule is CN(C)CCCOc1cc(C(=O)O)ncn1. The molecule has 1 N–H and O–H groups in total. The number of ether oxygens (including phenoxy) is 1. The number of hydrogen-bond donors (Lipinski definition) is 1. The van der Waals surface area contributed by atoms with E-state index in [2.05, 4.69) is 9.97 Å². The topological polar surface area (TPSA) is 75.5 Å². The first kappa shape index (κ1) is 12.4. The maximum atomic E-state index is 10.6. The van der Waals surface area contributed by atoms with Crippen LogP contribution in [0.1, 0.15) is 16.9 Å². The summed E-state index contributed by atoms with van der Waals surface area (Å²) >= 11 is 0. The predicted molar refractivity (Wildman–Crippen MR) is 57.7 cm³/mol. The Morgan fingerprint density at radius 2 is 2.25 bits per heavy atom. The Kier molecular flexibility index (Phi) is 4.65. The van der Waals surface area contributed by atoms with E-state index in [-0.39, 0.29) is 5.69 Å².